The summed E-state index contributed by atoms with van der Waals surface area (Å²) in [5, 5.41) is 14.4. The van der Waals surface area contributed by atoms with Crippen molar-refractivity contribution >= 4 is 5.65 Å². The summed E-state index contributed by atoms with van der Waals surface area (Å²) in [6.07, 6.45) is 1.58. The average molecular weight is 307 g/mol. The Bertz CT molecular complexity index is 931. The number of para-hydroxylation sites is 1. The van der Waals surface area contributed by atoms with Gasteiger partial charge in [-0.05, 0) is 24.3 Å². The molecule has 6 nitrogen and oxygen atoms in total. The standard InChI is InChI=1S/C17H13N3O3/c21-17-9-12(11-23-13-5-2-1-3-6-13)18-16-10-14(19-20(16)17)15-7-4-8-22-15/h1-10,21H,11H2. The highest BCUT2D eigenvalue weighted by molar-refractivity contribution is 5.59. The van der Waals surface area contributed by atoms with Crippen molar-refractivity contribution < 1.29 is 14.3 Å². The van der Waals surface area contributed by atoms with E-state index in [0.29, 0.717) is 22.8 Å². The van der Waals surface area contributed by atoms with Crippen LogP contribution in [-0.2, 0) is 6.61 Å². The third-order valence-electron chi connectivity index (χ3n) is 3.36. The number of rotatable bonds is 4. The molecule has 0 spiro atoms. The van der Waals surface area contributed by atoms with Crippen molar-refractivity contribution in [3.63, 3.8) is 0 Å². The molecule has 1 N–H and O–H groups in total. The van der Waals surface area contributed by atoms with Gasteiger partial charge < -0.3 is 14.3 Å². The number of furan rings is 1. The Labute approximate surface area is 131 Å². The van der Waals surface area contributed by atoms with Gasteiger partial charge in [0.2, 0.25) is 5.88 Å². The largest absolute Gasteiger partial charge is 0.493 e. The number of aromatic hydroxyl groups is 1. The second-order valence-electron chi connectivity index (χ2n) is 4.98. The van der Waals surface area contributed by atoms with Gasteiger partial charge in [0.1, 0.15) is 18.1 Å². The molecule has 4 aromatic rings. The van der Waals surface area contributed by atoms with Gasteiger partial charge in [-0.3, -0.25) is 0 Å². The van der Waals surface area contributed by atoms with Gasteiger partial charge in [-0.25, -0.2) is 4.98 Å². The third kappa shape index (κ3) is 2.62. The van der Waals surface area contributed by atoms with Gasteiger partial charge in [-0.15, -0.1) is 0 Å². The van der Waals surface area contributed by atoms with Crippen LogP contribution < -0.4 is 4.74 Å². The molecule has 0 fully saturated rings. The first-order chi connectivity index (χ1) is 11.3. The molecule has 0 unspecified atom stereocenters. The predicted octanol–water partition coefficient (Wildman–Crippen LogP) is 3.27. The third-order valence-corrected chi connectivity index (χ3v) is 3.36. The maximum atomic E-state index is 10.1. The SMILES string of the molecule is Oc1cc(COc2ccccc2)nc2cc(-c3ccco3)nn12. The molecule has 0 atom stereocenters. The number of nitrogens with zero attached hydrogens (tertiary/aromatic N) is 3. The van der Waals surface area contributed by atoms with Crippen molar-refractivity contribution in [3.8, 4) is 23.1 Å². The molecule has 114 valence electrons. The zero-order valence-corrected chi connectivity index (χ0v) is 12.1. The molecule has 0 aliphatic heterocycles. The maximum Gasteiger partial charge on any atom is 0.215 e. The number of aromatic nitrogens is 3. The van der Waals surface area contributed by atoms with Crippen LogP contribution in [0.2, 0.25) is 0 Å². The van der Waals surface area contributed by atoms with Crippen LogP contribution in [-0.4, -0.2) is 19.7 Å². The molecule has 4 rings (SSSR count). The van der Waals surface area contributed by atoms with E-state index in [2.05, 4.69) is 10.1 Å². The van der Waals surface area contributed by atoms with Gasteiger partial charge >= 0.3 is 0 Å². The molecular formula is C17H13N3O3. The molecule has 6 heteroatoms. The van der Waals surface area contributed by atoms with E-state index in [1.54, 1.807) is 24.5 Å². The fraction of sp³-hybridized carbons (Fsp3) is 0.0588. The Hall–Kier alpha value is -3.28. The topological polar surface area (TPSA) is 72.8 Å². The lowest BCUT2D eigenvalue weighted by Gasteiger charge is -2.06. The molecule has 0 saturated carbocycles. The van der Waals surface area contributed by atoms with Crippen LogP contribution >= 0.6 is 0 Å². The van der Waals surface area contributed by atoms with E-state index in [0.717, 1.165) is 5.75 Å². The summed E-state index contributed by atoms with van der Waals surface area (Å²) in [4.78, 5) is 4.46. The second-order valence-corrected chi connectivity index (χ2v) is 4.98. The number of hydrogen-bond donors (Lipinski definition) is 1. The van der Waals surface area contributed by atoms with E-state index in [1.165, 1.54) is 10.6 Å². The lowest BCUT2D eigenvalue weighted by Crippen LogP contribution is -2.01. The number of benzene rings is 1. The first-order valence-electron chi connectivity index (χ1n) is 7.10. The van der Waals surface area contributed by atoms with Crippen molar-refractivity contribution in [2.75, 3.05) is 0 Å². The highest BCUT2D eigenvalue weighted by Crippen LogP contribution is 2.23. The smallest absolute Gasteiger partial charge is 0.215 e. The quantitative estimate of drug-likeness (QED) is 0.626. The van der Waals surface area contributed by atoms with E-state index >= 15 is 0 Å². The predicted molar refractivity (Wildman–Crippen MR) is 83.1 cm³/mol. The Morgan fingerprint density at radius 1 is 1.09 bits per heavy atom. The summed E-state index contributed by atoms with van der Waals surface area (Å²) in [6.45, 7) is 0.259. The van der Waals surface area contributed by atoms with Gasteiger partial charge in [-0.1, -0.05) is 18.2 Å². The lowest BCUT2D eigenvalue weighted by molar-refractivity contribution is 0.300. The normalized spacial score (nSPS) is 11.0. The molecule has 0 saturated heterocycles. The summed E-state index contributed by atoms with van der Waals surface area (Å²) in [5.41, 5.74) is 1.76. The highest BCUT2D eigenvalue weighted by Gasteiger charge is 2.12. The van der Waals surface area contributed by atoms with Gasteiger partial charge in [0.25, 0.3) is 0 Å². The van der Waals surface area contributed by atoms with Crippen molar-refractivity contribution in [1.82, 2.24) is 14.6 Å². The van der Waals surface area contributed by atoms with E-state index < -0.39 is 0 Å². The summed E-state index contributed by atoms with van der Waals surface area (Å²) in [7, 11) is 0. The van der Waals surface area contributed by atoms with E-state index in [4.69, 9.17) is 9.15 Å². The fourth-order valence-corrected chi connectivity index (χ4v) is 2.30. The molecule has 0 aliphatic rings. The molecule has 0 amide bonds. The zero-order chi connectivity index (χ0) is 15.6. The minimum atomic E-state index is -0.000493. The summed E-state index contributed by atoms with van der Waals surface area (Å²) in [5.74, 6) is 1.37. The average Bonchev–Trinajstić information content (AvgIpc) is 3.23. The van der Waals surface area contributed by atoms with Gasteiger partial charge in [0.05, 0.1) is 12.0 Å². The summed E-state index contributed by atoms with van der Waals surface area (Å²) in [6, 6.07) is 16.3. The minimum absolute atomic E-state index is 0.000493. The molecule has 0 aliphatic carbocycles. The molecule has 3 aromatic heterocycles. The van der Waals surface area contributed by atoms with Crippen molar-refractivity contribution in [2.24, 2.45) is 0 Å². The number of ether oxygens (including phenoxy) is 1. The van der Waals surface area contributed by atoms with Crippen molar-refractivity contribution in [2.45, 2.75) is 6.61 Å². The van der Waals surface area contributed by atoms with Crippen molar-refractivity contribution in [1.29, 1.82) is 0 Å². The molecule has 0 bridgehead atoms. The molecular weight excluding hydrogens is 294 g/mol. The van der Waals surface area contributed by atoms with Crippen LogP contribution in [0.4, 0.5) is 0 Å². The van der Waals surface area contributed by atoms with E-state index in [1.807, 2.05) is 30.3 Å². The summed E-state index contributed by atoms with van der Waals surface area (Å²) < 4.78 is 12.3. The Morgan fingerprint density at radius 2 is 1.96 bits per heavy atom. The minimum Gasteiger partial charge on any atom is -0.493 e. The van der Waals surface area contributed by atoms with Gasteiger partial charge in [-0.2, -0.15) is 9.61 Å². The zero-order valence-electron chi connectivity index (χ0n) is 12.1. The monoisotopic (exact) mass is 307 g/mol. The van der Waals surface area contributed by atoms with Crippen LogP contribution in [0.25, 0.3) is 17.1 Å². The maximum absolute atomic E-state index is 10.1. The van der Waals surface area contributed by atoms with E-state index in [-0.39, 0.29) is 12.5 Å². The van der Waals surface area contributed by atoms with Crippen molar-refractivity contribution in [3.05, 3.63) is 66.6 Å². The molecule has 3 heterocycles. The first kappa shape index (κ1) is 13.4. The number of hydrogen-bond acceptors (Lipinski definition) is 5. The van der Waals surface area contributed by atoms with Gasteiger partial charge in [0, 0.05) is 12.1 Å². The Kier molecular flexibility index (Phi) is 3.20. The van der Waals surface area contributed by atoms with Crippen LogP contribution in [0, 0.1) is 0 Å². The molecule has 0 radical (unpaired) electrons. The van der Waals surface area contributed by atoms with Crippen LogP contribution in [0.3, 0.4) is 0 Å². The van der Waals surface area contributed by atoms with Crippen LogP contribution in [0.1, 0.15) is 5.69 Å². The van der Waals surface area contributed by atoms with Crippen LogP contribution in [0.5, 0.6) is 11.6 Å². The first-order valence-corrected chi connectivity index (χ1v) is 7.10. The highest BCUT2D eigenvalue weighted by atomic mass is 16.5. The second kappa shape index (κ2) is 5.49. The molecule has 1 aromatic carbocycles. The van der Waals surface area contributed by atoms with E-state index in [9.17, 15) is 5.11 Å². The summed E-state index contributed by atoms with van der Waals surface area (Å²) >= 11 is 0. The molecule has 23 heavy (non-hydrogen) atoms. The fourth-order valence-electron chi connectivity index (χ4n) is 2.30. The Morgan fingerprint density at radius 3 is 2.74 bits per heavy atom. The van der Waals surface area contributed by atoms with Gasteiger partial charge in [0.15, 0.2) is 11.4 Å². The lowest BCUT2D eigenvalue weighted by atomic mass is 10.3. The number of fused-ring (bicyclic) bond motifs is 1. The Balaban J connectivity index is 1.64. The van der Waals surface area contributed by atoms with Crippen LogP contribution in [0.15, 0.2) is 65.3 Å².